The van der Waals surface area contributed by atoms with Crippen molar-refractivity contribution in [1.82, 2.24) is 4.98 Å². The molecule has 2 rings (SSSR count). The van der Waals surface area contributed by atoms with Gasteiger partial charge in [0.2, 0.25) is 0 Å². The molecule has 0 fully saturated rings. The van der Waals surface area contributed by atoms with Gasteiger partial charge < -0.3 is 15.5 Å². The van der Waals surface area contributed by atoms with Crippen LogP contribution in [0, 0.1) is 27.7 Å². The molecule has 4 nitrogen and oxygen atoms in total. The topological polar surface area (TPSA) is 68.1 Å². The quantitative estimate of drug-likeness (QED) is 0.851. The lowest BCUT2D eigenvalue weighted by molar-refractivity contribution is -0.148. The van der Waals surface area contributed by atoms with Crippen molar-refractivity contribution in [2.45, 2.75) is 59.4 Å². The van der Waals surface area contributed by atoms with Crippen molar-refractivity contribution in [1.29, 1.82) is 0 Å². The van der Waals surface area contributed by atoms with Gasteiger partial charge in [0, 0.05) is 22.5 Å². The predicted molar refractivity (Wildman–Crippen MR) is 94.9 cm³/mol. The highest BCUT2D eigenvalue weighted by Gasteiger charge is 2.47. The number of nitrogens with one attached hydrogen (secondary N) is 1. The molecule has 0 unspecified atom stereocenters. The zero-order chi connectivity index (χ0) is 17.7. The molecule has 1 aromatic carbocycles. The van der Waals surface area contributed by atoms with Gasteiger partial charge >= 0.3 is 5.97 Å². The van der Waals surface area contributed by atoms with Gasteiger partial charge in [0.15, 0.2) is 0 Å². The van der Waals surface area contributed by atoms with E-state index in [0.717, 1.165) is 16.5 Å². The largest absolute Gasteiger partial charge is 0.468 e. The number of aryl methyl sites for hydroxylation is 2. The summed E-state index contributed by atoms with van der Waals surface area (Å²) >= 11 is 0. The summed E-state index contributed by atoms with van der Waals surface area (Å²) in [4.78, 5) is 15.6. The Hall–Kier alpha value is -1.81. The summed E-state index contributed by atoms with van der Waals surface area (Å²) in [5.41, 5.74) is 11.9. The first-order valence-corrected chi connectivity index (χ1v) is 7.93. The lowest BCUT2D eigenvalue weighted by atomic mass is 9.68. The van der Waals surface area contributed by atoms with Crippen LogP contribution in [0.2, 0.25) is 0 Å². The van der Waals surface area contributed by atoms with Crippen LogP contribution in [0.15, 0.2) is 6.20 Å². The third-order valence-corrected chi connectivity index (χ3v) is 5.90. The second kappa shape index (κ2) is 5.38. The summed E-state index contributed by atoms with van der Waals surface area (Å²) < 4.78 is 4.93. The van der Waals surface area contributed by atoms with Gasteiger partial charge in [-0.2, -0.15) is 0 Å². The highest BCUT2D eigenvalue weighted by Crippen LogP contribution is 2.41. The van der Waals surface area contributed by atoms with Crippen LogP contribution in [0.1, 0.15) is 48.6 Å². The van der Waals surface area contributed by atoms with Crippen LogP contribution >= 0.6 is 0 Å². The smallest absolute Gasteiger partial charge is 0.326 e. The van der Waals surface area contributed by atoms with Gasteiger partial charge in [-0.3, -0.25) is 4.79 Å². The van der Waals surface area contributed by atoms with Crippen LogP contribution in [-0.4, -0.2) is 23.6 Å². The van der Waals surface area contributed by atoms with Crippen molar-refractivity contribution >= 4 is 16.9 Å². The molecule has 4 heteroatoms. The second-order valence-electron chi connectivity index (χ2n) is 7.27. The van der Waals surface area contributed by atoms with Gasteiger partial charge in [-0.15, -0.1) is 0 Å². The minimum absolute atomic E-state index is 0.407. The zero-order valence-electron chi connectivity index (χ0n) is 15.5. The average Bonchev–Trinajstić information content (AvgIpc) is 2.95. The molecule has 0 bridgehead atoms. The molecule has 0 spiro atoms. The third kappa shape index (κ3) is 2.27. The van der Waals surface area contributed by atoms with Gasteiger partial charge in [-0.05, 0) is 62.4 Å². The molecule has 1 aromatic heterocycles. The fourth-order valence-electron chi connectivity index (χ4n) is 3.29. The van der Waals surface area contributed by atoms with E-state index in [1.54, 1.807) is 6.92 Å². The molecule has 3 N–H and O–H groups in total. The summed E-state index contributed by atoms with van der Waals surface area (Å²) in [6.45, 7) is 14.3. The Balaban J connectivity index is 2.82. The summed E-state index contributed by atoms with van der Waals surface area (Å²) in [7, 11) is 1.38. The maximum absolute atomic E-state index is 12.2. The van der Waals surface area contributed by atoms with Crippen molar-refractivity contribution in [2.24, 2.45) is 5.73 Å². The predicted octanol–water partition coefficient (Wildman–Crippen LogP) is 3.57. The molecule has 2 aromatic rings. The molecule has 0 amide bonds. The van der Waals surface area contributed by atoms with Gasteiger partial charge in [0.05, 0.1) is 7.11 Å². The van der Waals surface area contributed by atoms with Crippen LogP contribution in [0.4, 0.5) is 0 Å². The molecule has 23 heavy (non-hydrogen) atoms. The number of fused-ring (bicyclic) bond motifs is 1. The number of hydrogen-bond acceptors (Lipinski definition) is 3. The van der Waals surface area contributed by atoms with E-state index in [1.165, 1.54) is 29.4 Å². The molecule has 0 saturated carbocycles. The number of rotatable bonds is 3. The normalized spacial score (nSPS) is 14.8. The first-order chi connectivity index (χ1) is 10.5. The van der Waals surface area contributed by atoms with Gasteiger partial charge in [-0.25, -0.2) is 0 Å². The van der Waals surface area contributed by atoms with Crippen LogP contribution in [0.3, 0.4) is 0 Å². The fourth-order valence-corrected chi connectivity index (χ4v) is 3.29. The Kier molecular flexibility index (Phi) is 4.10. The summed E-state index contributed by atoms with van der Waals surface area (Å²) in [6.07, 6.45) is 1.98. The van der Waals surface area contributed by atoms with E-state index in [4.69, 9.17) is 10.5 Å². The minimum Gasteiger partial charge on any atom is -0.468 e. The molecular formula is C19H28N2O2. The molecule has 1 heterocycles. The van der Waals surface area contributed by atoms with Gasteiger partial charge in [0.25, 0.3) is 0 Å². The number of carbonyl (C=O) groups excluding carboxylic acids is 1. The number of methoxy groups -OCH3 is 1. The molecule has 0 radical (unpaired) electrons. The summed E-state index contributed by atoms with van der Waals surface area (Å²) in [6, 6.07) is 0. The Morgan fingerprint density at radius 3 is 2.09 bits per heavy atom. The SMILES string of the molecule is COC(=O)[C@](C)(N)C(C)(C)c1c[nH]c2c(C)c(C)c(C)c(C)c12. The number of carbonyl (C=O) groups is 1. The van der Waals surface area contributed by atoms with E-state index >= 15 is 0 Å². The lowest BCUT2D eigenvalue weighted by Crippen LogP contribution is -2.59. The number of H-pyrrole nitrogens is 1. The van der Waals surface area contributed by atoms with E-state index in [2.05, 4.69) is 32.7 Å². The van der Waals surface area contributed by atoms with Crippen molar-refractivity contribution in [3.63, 3.8) is 0 Å². The highest BCUT2D eigenvalue weighted by molar-refractivity contribution is 5.93. The minimum atomic E-state index is -1.13. The van der Waals surface area contributed by atoms with Crippen molar-refractivity contribution < 1.29 is 9.53 Å². The van der Waals surface area contributed by atoms with E-state index in [9.17, 15) is 4.79 Å². The maximum atomic E-state index is 12.2. The van der Waals surface area contributed by atoms with Crippen LogP contribution in [-0.2, 0) is 14.9 Å². The monoisotopic (exact) mass is 316 g/mol. The molecule has 0 aliphatic heterocycles. The first-order valence-electron chi connectivity index (χ1n) is 7.93. The van der Waals surface area contributed by atoms with Crippen molar-refractivity contribution in [2.75, 3.05) is 7.11 Å². The van der Waals surface area contributed by atoms with E-state index in [-0.39, 0.29) is 0 Å². The molecular weight excluding hydrogens is 288 g/mol. The maximum Gasteiger partial charge on any atom is 0.326 e. The lowest BCUT2D eigenvalue weighted by Gasteiger charge is -2.39. The van der Waals surface area contributed by atoms with E-state index in [0.29, 0.717) is 0 Å². The fraction of sp³-hybridized carbons (Fsp3) is 0.526. The van der Waals surface area contributed by atoms with Crippen LogP contribution in [0.5, 0.6) is 0 Å². The highest BCUT2D eigenvalue weighted by atomic mass is 16.5. The van der Waals surface area contributed by atoms with E-state index in [1.807, 2.05) is 20.0 Å². The standard InChI is InChI=1S/C19H28N2O2/c1-10-11(2)13(4)16-15(12(10)3)14(9-21-16)18(5,6)19(7,20)17(22)23-8/h9,21H,20H2,1-8H3/t19-/m0/s1. The molecule has 1 atom stereocenters. The number of esters is 1. The molecule has 0 aliphatic carbocycles. The second-order valence-corrected chi connectivity index (χ2v) is 7.27. The number of ether oxygens (including phenoxy) is 1. The van der Waals surface area contributed by atoms with Crippen LogP contribution < -0.4 is 5.73 Å². The number of hydrogen-bond donors (Lipinski definition) is 2. The summed E-state index contributed by atoms with van der Waals surface area (Å²) in [5.74, 6) is -0.407. The van der Waals surface area contributed by atoms with Crippen molar-refractivity contribution in [3.8, 4) is 0 Å². The molecule has 0 aliphatic rings. The van der Waals surface area contributed by atoms with Gasteiger partial charge in [-0.1, -0.05) is 13.8 Å². The first kappa shape index (κ1) is 17.5. The summed E-state index contributed by atoms with van der Waals surface area (Å²) in [5, 5.41) is 1.16. The van der Waals surface area contributed by atoms with Crippen molar-refractivity contribution in [3.05, 3.63) is 34.0 Å². The number of benzene rings is 1. The molecule has 0 saturated heterocycles. The van der Waals surface area contributed by atoms with E-state index < -0.39 is 16.9 Å². The number of aromatic amines is 1. The number of aromatic nitrogens is 1. The molecule has 126 valence electrons. The third-order valence-electron chi connectivity index (χ3n) is 5.90. The van der Waals surface area contributed by atoms with Crippen LogP contribution in [0.25, 0.3) is 10.9 Å². The van der Waals surface area contributed by atoms with Gasteiger partial charge in [0.1, 0.15) is 5.54 Å². The zero-order valence-corrected chi connectivity index (χ0v) is 15.5. The number of nitrogens with two attached hydrogens (primary N) is 1. The average molecular weight is 316 g/mol. The Morgan fingerprint density at radius 2 is 1.57 bits per heavy atom. The Bertz CT molecular complexity index is 782. The Labute approximate surface area is 138 Å². The Morgan fingerprint density at radius 1 is 1.04 bits per heavy atom.